The number of hydrogen-bond donors (Lipinski definition) is 0. The first-order valence-electron chi connectivity index (χ1n) is 8.43. The van der Waals surface area contributed by atoms with E-state index in [0.29, 0.717) is 4.88 Å². The third kappa shape index (κ3) is 3.23. The summed E-state index contributed by atoms with van der Waals surface area (Å²) in [6.45, 7) is 12.9. The molecule has 1 fully saturated rings. The van der Waals surface area contributed by atoms with Crippen molar-refractivity contribution >= 4 is 33.3 Å². The number of aromatic nitrogens is 2. The minimum Gasteiger partial charge on any atom is -0.459 e. The molecule has 0 amide bonds. The van der Waals surface area contributed by atoms with Crippen molar-refractivity contribution in [1.82, 2.24) is 14.9 Å². The van der Waals surface area contributed by atoms with Gasteiger partial charge in [0, 0.05) is 26.2 Å². The van der Waals surface area contributed by atoms with Crippen molar-refractivity contribution in [3.05, 3.63) is 16.8 Å². The highest BCUT2D eigenvalue weighted by molar-refractivity contribution is 7.20. The van der Waals surface area contributed by atoms with Crippen molar-refractivity contribution in [2.45, 2.75) is 33.8 Å². The fourth-order valence-corrected chi connectivity index (χ4v) is 4.06. The molecule has 3 rings (SSSR count). The Morgan fingerprint density at radius 1 is 1.29 bits per heavy atom. The largest absolute Gasteiger partial charge is 0.459 e. The van der Waals surface area contributed by atoms with Crippen molar-refractivity contribution in [3.63, 3.8) is 0 Å². The number of fused-ring (bicyclic) bond motifs is 1. The number of thiophene rings is 1. The molecular weight excluding hydrogens is 324 g/mol. The van der Waals surface area contributed by atoms with E-state index in [1.165, 1.54) is 11.3 Å². The van der Waals surface area contributed by atoms with Gasteiger partial charge in [-0.2, -0.15) is 0 Å². The summed E-state index contributed by atoms with van der Waals surface area (Å²) >= 11 is 1.39. The van der Waals surface area contributed by atoms with Gasteiger partial charge in [-0.3, -0.25) is 0 Å². The summed E-state index contributed by atoms with van der Waals surface area (Å²) in [5, 5.41) is 0.989. The Bertz CT molecular complexity index is 736. The standard InChI is InChI=1S/C17H24N4O2S/c1-5-20-6-8-21(9-7-20)15-13-12(4)14(17(22)23-11(2)3)24-16(13)19-10-18-15/h10-11H,5-9H2,1-4H3. The van der Waals surface area contributed by atoms with Crippen LogP contribution in [0.5, 0.6) is 0 Å². The fraction of sp³-hybridized carbons (Fsp3) is 0.588. The van der Waals surface area contributed by atoms with Crippen LogP contribution in [0.25, 0.3) is 10.2 Å². The molecule has 2 aromatic rings. The normalized spacial score (nSPS) is 16.1. The number of hydrogen-bond acceptors (Lipinski definition) is 7. The van der Waals surface area contributed by atoms with Gasteiger partial charge >= 0.3 is 5.97 Å². The lowest BCUT2D eigenvalue weighted by atomic mass is 10.2. The van der Waals surface area contributed by atoms with E-state index in [1.54, 1.807) is 6.33 Å². The third-order valence-electron chi connectivity index (χ3n) is 4.35. The first-order chi connectivity index (χ1) is 11.5. The lowest BCUT2D eigenvalue weighted by Gasteiger charge is -2.35. The van der Waals surface area contributed by atoms with Gasteiger partial charge in [-0.15, -0.1) is 11.3 Å². The zero-order valence-electron chi connectivity index (χ0n) is 14.7. The summed E-state index contributed by atoms with van der Waals surface area (Å²) in [5.74, 6) is 0.667. The molecule has 0 unspecified atom stereocenters. The van der Waals surface area contributed by atoms with Gasteiger partial charge in [0.25, 0.3) is 0 Å². The van der Waals surface area contributed by atoms with Gasteiger partial charge in [0.1, 0.15) is 21.9 Å². The van der Waals surface area contributed by atoms with Gasteiger partial charge in [0.05, 0.1) is 11.5 Å². The van der Waals surface area contributed by atoms with Crippen LogP contribution in [0, 0.1) is 6.92 Å². The second-order valence-electron chi connectivity index (χ2n) is 6.31. The van der Waals surface area contributed by atoms with Crippen LogP contribution in [-0.2, 0) is 4.74 Å². The van der Waals surface area contributed by atoms with Crippen molar-refractivity contribution in [2.75, 3.05) is 37.6 Å². The number of esters is 1. The minimum absolute atomic E-state index is 0.130. The molecule has 1 aliphatic rings. The Labute approximate surface area is 146 Å². The van der Waals surface area contributed by atoms with Crippen molar-refractivity contribution in [2.24, 2.45) is 0 Å². The van der Waals surface area contributed by atoms with E-state index >= 15 is 0 Å². The Balaban J connectivity index is 1.95. The summed E-state index contributed by atoms with van der Waals surface area (Å²) in [4.78, 5) is 27.5. The molecule has 24 heavy (non-hydrogen) atoms. The number of carbonyl (C=O) groups is 1. The molecule has 0 saturated carbocycles. The average molecular weight is 348 g/mol. The number of carbonyl (C=O) groups excluding carboxylic acids is 1. The van der Waals surface area contributed by atoms with Crippen LogP contribution in [0.15, 0.2) is 6.33 Å². The Kier molecular flexibility index (Phi) is 5.01. The number of piperazine rings is 1. The summed E-state index contributed by atoms with van der Waals surface area (Å²) < 4.78 is 5.36. The molecule has 0 aliphatic carbocycles. The molecule has 130 valence electrons. The molecule has 6 nitrogen and oxygen atoms in total. The number of ether oxygens (including phenoxy) is 1. The Morgan fingerprint density at radius 3 is 2.62 bits per heavy atom. The predicted octanol–water partition coefficient (Wildman–Crippen LogP) is 2.71. The highest BCUT2D eigenvalue weighted by Gasteiger charge is 2.24. The van der Waals surface area contributed by atoms with Crippen LogP contribution < -0.4 is 4.90 Å². The zero-order valence-corrected chi connectivity index (χ0v) is 15.5. The SMILES string of the molecule is CCN1CCN(c2ncnc3sc(C(=O)OC(C)C)c(C)c23)CC1. The lowest BCUT2D eigenvalue weighted by molar-refractivity contribution is 0.0383. The van der Waals surface area contributed by atoms with Crippen molar-refractivity contribution in [1.29, 1.82) is 0 Å². The summed E-state index contributed by atoms with van der Waals surface area (Å²) in [6.07, 6.45) is 1.46. The lowest BCUT2D eigenvalue weighted by Crippen LogP contribution is -2.46. The maximum absolute atomic E-state index is 12.3. The molecule has 2 aromatic heterocycles. The monoisotopic (exact) mass is 348 g/mol. The van der Waals surface area contributed by atoms with Crippen LogP contribution in [0.3, 0.4) is 0 Å². The van der Waals surface area contributed by atoms with Crippen molar-refractivity contribution in [3.8, 4) is 0 Å². The minimum atomic E-state index is -0.271. The molecule has 1 saturated heterocycles. The smallest absolute Gasteiger partial charge is 0.348 e. The van der Waals surface area contributed by atoms with Crippen LogP contribution in [0.1, 0.15) is 36.0 Å². The maximum atomic E-state index is 12.3. The molecule has 3 heterocycles. The molecule has 7 heteroatoms. The van der Waals surface area contributed by atoms with Gasteiger partial charge in [-0.25, -0.2) is 14.8 Å². The molecule has 0 N–H and O–H groups in total. The summed E-state index contributed by atoms with van der Waals surface area (Å²) in [6, 6.07) is 0. The van der Waals surface area contributed by atoms with Crippen LogP contribution in [0.4, 0.5) is 5.82 Å². The number of likely N-dealkylation sites (N-methyl/N-ethyl adjacent to an activating group) is 1. The first-order valence-corrected chi connectivity index (χ1v) is 9.25. The Morgan fingerprint density at radius 2 is 2.00 bits per heavy atom. The maximum Gasteiger partial charge on any atom is 0.348 e. The quantitative estimate of drug-likeness (QED) is 0.792. The molecule has 1 aliphatic heterocycles. The van der Waals surface area contributed by atoms with Crippen LogP contribution in [-0.4, -0.2) is 59.7 Å². The van der Waals surface area contributed by atoms with Crippen molar-refractivity contribution < 1.29 is 9.53 Å². The van der Waals surface area contributed by atoms with E-state index in [9.17, 15) is 4.79 Å². The number of anilines is 1. The summed E-state index contributed by atoms with van der Waals surface area (Å²) in [7, 11) is 0. The van der Waals surface area contributed by atoms with E-state index in [-0.39, 0.29) is 12.1 Å². The van der Waals surface area contributed by atoms with Gasteiger partial charge in [0.15, 0.2) is 0 Å². The number of nitrogens with zero attached hydrogens (tertiary/aromatic N) is 4. The van der Waals surface area contributed by atoms with E-state index in [2.05, 4.69) is 26.7 Å². The highest BCUT2D eigenvalue weighted by atomic mass is 32.1. The fourth-order valence-electron chi connectivity index (χ4n) is 3.03. The van der Waals surface area contributed by atoms with Gasteiger partial charge in [-0.05, 0) is 32.9 Å². The topological polar surface area (TPSA) is 58.6 Å². The average Bonchev–Trinajstić information content (AvgIpc) is 2.92. The summed E-state index contributed by atoms with van der Waals surface area (Å²) in [5.41, 5.74) is 0.925. The molecule has 0 radical (unpaired) electrons. The van der Waals surface area contributed by atoms with E-state index in [1.807, 2.05) is 20.8 Å². The Hall–Kier alpha value is -1.73. The van der Waals surface area contributed by atoms with Crippen LogP contribution in [0.2, 0.25) is 0 Å². The first kappa shape index (κ1) is 17.1. The number of aryl methyl sites for hydroxylation is 1. The second-order valence-corrected chi connectivity index (χ2v) is 7.31. The van der Waals surface area contributed by atoms with Gasteiger partial charge in [-0.1, -0.05) is 6.92 Å². The number of rotatable bonds is 4. The van der Waals surface area contributed by atoms with E-state index in [4.69, 9.17) is 4.74 Å². The predicted molar refractivity (Wildman–Crippen MR) is 97.0 cm³/mol. The molecule has 0 bridgehead atoms. The molecular formula is C17H24N4O2S. The zero-order chi connectivity index (χ0) is 17.3. The van der Waals surface area contributed by atoms with Gasteiger partial charge < -0.3 is 14.5 Å². The molecule has 0 atom stereocenters. The van der Waals surface area contributed by atoms with Gasteiger partial charge in [0.2, 0.25) is 0 Å². The molecule has 0 aromatic carbocycles. The highest BCUT2D eigenvalue weighted by Crippen LogP contribution is 2.35. The van der Waals surface area contributed by atoms with E-state index in [0.717, 1.165) is 54.3 Å². The van der Waals surface area contributed by atoms with E-state index < -0.39 is 0 Å². The van der Waals surface area contributed by atoms with Crippen LogP contribution >= 0.6 is 11.3 Å². The third-order valence-corrected chi connectivity index (χ3v) is 5.53. The molecule has 0 spiro atoms. The second kappa shape index (κ2) is 7.03.